The third kappa shape index (κ3) is 4.42. The van der Waals surface area contributed by atoms with Gasteiger partial charge < -0.3 is 4.74 Å². The minimum Gasteiger partial charge on any atom is -0.461 e. The van der Waals surface area contributed by atoms with Crippen molar-refractivity contribution in [3.05, 3.63) is 24.5 Å². The van der Waals surface area contributed by atoms with Crippen LogP contribution in [0.4, 0.5) is 0 Å². The van der Waals surface area contributed by atoms with Crippen LogP contribution in [-0.2, 0) is 19.6 Å². The first kappa shape index (κ1) is 19.3. The summed E-state index contributed by atoms with van der Waals surface area (Å²) in [5, 5.41) is 0. The Kier molecular flexibility index (Phi) is 6.26. The summed E-state index contributed by atoms with van der Waals surface area (Å²) in [5.41, 5.74) is 0. The first-order valence-corrected chi connectivity index (χ1v) is 10.8. The Morgan fingerprint density at radius 3 is 2.69 bits per heavy atom. The molecular formula is C18H27N3O4S. The lowest BCUT2D eigenvalue weighted by atomic mass is 9.98. The summed E-state index contributed by atoms with van der Waals surface area (Å²) in [6.45, 7) is 5.62. The lowest BCUT2D eigenvalue weighted by Crippen LogP contribution is -2.43. The minimum atomic E-state index is -3.54. The summed E-state index contributed by atoms with van der Waals surface area (Å²) in [7, 11) is -3.54. The van der Waals surface area contributed by atoms with Crippen LogP contribution in [0.3, 0.4) is 0 Å². The van der Waals surface area contributed by atoms with Crippen LogP contribution in [0.15, 0.2) is 29.4 Å². The molecular weight excluding hydrogens is 354 g/mol. The molecule has 2 fully saturated rings. The fraction of sp³-hybridized carbons (Fsp3) is 0.667. The van der Waals surface area contributed by atoms with E-state index in [1.807, 2.05) is 0 Å². The fourth-order valence-corrected chi connectivity index (χ4v) is 5.07. The third-order valence-electron chi connectivity index (χ3n) is 5.25. The molecule has 2 saturated heterocycles. The number of sulfonamides is 1. The van der Waals surface area contributed by atoms with Gasteiger partial charge in [-0.2, -0.15) is 4.31 Å². The molecule has 1 aromatic rings. The number of rotatable bonds is 5. The molecule has 0 aromatic carbocycles. The monoisotopic (exact) mass is 381 g/mol. The Labute approximate surface area is 155 Å². The van der Waals surface area contributed by atoms with Gasteiger partial charge in [-0.05, 0) is 50.9 Å². The number of aromatic nitrogens is 1. The number of esters is 1. The zero-order chi connectivity index (χ0) is 18.6. The lowest BCUT2D eigenvalue weighted by molar-refractivity contribution is -0.157. The van der Waals surface area contributed by atoms with Crippen LogP contribution in [0.25, 0.3) is 0 Å². The van der Waals surface area contributed by atoms with Gasteiger partial charge in [0.05, 0.1) is 5.92 Å². The maximum atomic E-state index is 12.6. The van der Waals surface area contributed by atoms with Crippen LogP contribution in [0, 0.1) is 5.92 Å². The van der Waals surface area contributed by atoms with E-state index in [-0.39, 0.29) is 22.9 Å². The van der Waals surface area contributed by atoms with Gasteiger partial charge in [0.1, 0.15) is 11.0 Å². The third-order valence-corrected chi connectivity index (χ3v) is 7.13. The van der Waals surface area contributed by atoms with E-state index in [1.54, 1.807) is 18.3 Å². The first-order valence-electron chi connectivity index (χ1n) is 9.33. The molecule has 0 spiro atoms. The highest BCUT2D eigenvalue weighted by atomic mass is 32.2. The van der Waals surface area contributed by atoms with Gasteiger partial charge in [0, 0.05) is 32.0 Å². The van der Waals surface area contributed by atoms with Crippen molar-refractivity contribution in [3.63, 3.8) is 0 Å². The molecule has 0 N–H and O–H groups in total. The summed E-state index contributed by atoms with van der Waals surface area (Å²) in [6, 6.07) is 3.16. The van der Waals surface area contributed by atoms with E-state index in [0.29, 0.717) is 25.9 Å². The van der Waals surface area contributed by atoms with Gasteiger partial charge in [-0.1, -0.05) is 6.92 Å². The Bertz CT molecular complexity index is 702. The SMILES string of the molecule is CCN1CCCC(OC(=O)C2CCN(S(=O)(=O)c3cccnc3)CC2)C1. The number of hydrogen-bond acceptors (Lipinski definition) is 6. The molecule has 0 aliphatic carbocycles. The number of pyridine rings is 1. The highest BCUT2D eigenvalue weighted by Crippen LogP contribution is 2.25. The molecule has 0 saturated carbocycles. The summed E-state index contributed by atoms with van der Waals surface area (Å²) < 4.78 is 32.4. The number of likely N-dealkylation sites (tertiary alicyclic amines) is 1. The molecule has 0 amide bonds. The second-order valence-corrected chi connectivity index (χ2v) is 8.90. The number of piperidine rings is 2. The van der Waals surface area contributed by atoms with Crippen LogP contribution in [-0.4, -0.2) is 67.4 Å². The zero-order valence-electron chi connectivity index (χ0n) is 15.2. The second kappa shape index (κ2) is 8.45. The van der Waals surface area contributed by atoms with Crippen molar-refractivity contribution in [1.29, 1.82) is 0 Å². The molecule has 1 atom stereocenters. The predicted molar refractivity (Wildman–Crippen MR) is 96.9 cm³/mol. The molecule has 0 bridgehead atoms. The fourth-order valence-electron chi connectivity index (χ4n) is 3.64. The number of carbonyl (C=O) groups excluding carboxylic acids is 1. The van der Waals surface area contributed by atoms with Gasteiger partial charge in [-0.3, -0.25) is 14.7 Å². The number of likely N-dealkylation sites (N-methyl/N-ethyl adjacent to an activating group) is 1. The molecule has 1 aromatic heterocycles. The number of nitrogens with zero attached hydrogens (tertiary/aromatic N) is 3. The largest absolute Gasteiger partial charge is 0.461 e. The van der Waals surface area contributed by atoms with Crippen molar-refractivity contribution in [2.24, 2.45) is 5.92 Å². The summed E-state index contributed by atoms with van der Waals surface area (Å²) in [5.74, 6) is -0.390. The average molecular weight is 381 g/mol. The van der Waals surface area contributed by atoms with Gasteiger partial charge in [-0.15, -0.1) is 0 Å². The van der Waals surface area contributed by atoms with Crippen LogP contribution < -0.4 is 0 Å². The van der Waals surface area contributed by atoms with Crippen LogP contribution >= 0.6 is 0 Å². The van der Waals surface area contributed by atoms with Gasteiger partial charge in [-0.25, -0.2) is 8.42 Å². The first-order chi connectivity index (χ1) is 12.5. The summed E-state index contributed by atoms with van der Waals surface area (Å²) >= 11 is 0. The quantitative estimate of drug-likeness (QED) is 0.720. The number of hydrogen-bond donors (Lipinski definition) is 0. The van der Waals surface area contributed by atoms with E-state index in [1.165, 1.54) is 10.5 Å². The van der Waals surface area contributed by atoms with Crippen molar-refractivity contribution in [1.82, 2.24) is 14.2 Å². The molecule has 1 unspecified atom stereocenters. The Morgan fingerprint density at radius 1 is 1.27 bits per heavy atom. The molecule has 0 radical (unpaired) electrons. The lowest BCUT2D eigenvalue weighted by Gasteiger charge is -2.34. The predicted octanol–water partition coefficient (Wildman–Crippen LogP) is 1.51. The molecule has 3 heterocycles. The maximum absolute atomic E-state index is 12.6. The topological polar surface area (TPSA) is 79.8 Å². The van der Waals surface area contributed by atoms with Gasteiger partial charge in [0.25, 0.3) is 0 Å². The van der Waals surface area contributed by atoms with E-state index in [4.69, 9.17) is 4.74 Å². The van der Waals surface area contributed by atoms with Crippen LogP contribution in [0.5, 0.6) is 0 Å². The van der Waals surface area contributed by atoms with Gasteiger partial charge >= 0.3 is 5.97 Å². The molecule has 7 nitrogen and oxygen atoms in total. The highest BCUT2D eigenvalue weighted by Gasteiger charge is 2.34. The second-order valence-electron chi connectivity index (χ2n) is 6.96. The normalized spacial score (nSPS) is 23.7. The van der Waals surface area contributed by atoms with E-state index < -0.39 is 10.0 Å². The molecule has 144 valence electrons. The standard InChI is InChI=1S/C18H27N3O4S/c1-2-20-10-4-5-16(14-20)25-18(22)15-7-11-21(12-8-15)26(23,24)17-6-3-9-19-13-17/h3,6,9,13,15-16H,2,4-5,7-8,10-12,14H2,1H3. The van der Waals surface area contributed by atoms with Crippen molar-refractivity contribution < 1.29 is 17.9 Å². The van der Waals surface area contributed by atoms with Crippen molar-refractivity contribution in [3.8, 4) is 0 Å². The van der Waals surface area contributed by atoms with Crippen LogP contribution in [0.1, 0.15) is 32.6 Å². The molecule has 8 heteroatoms. The molecule has 3 rings (SSSR count). The number of ether oxygens (including phenoxy) is 1. The Balaban J connectivity index is 1.52. The highest BCUT2D eigenvalue weighted by molar-refractivity contribution is 7.89. The van der Waals surface area contributed by atoms with Crippen molar-refractivity contribution >= 4 is 16.0 Å². The van der Waals surface area contributed by atoms with Crippen LogP contribution in [0.2, 0.25) is 0 Å². The van der Waals surface area contributed by atoms with E-state index in [0.717, 1.165) is 32.5 Å². The molecule has 2 aliphatic heterocycles. The van der Waals surface area contributed by atoms with Crippen molar-refractivity contribution in [2.75, 3.05) is 32.7 Å². The maximum Gasteiger partial charge on any atom is 0.309 e. The van der Waals surface area contributed by atoms with Gasteiger partial charge in [0.15, 0.2) is 0 Å². The summed E-state index contributed by atoms with van der Waals surface area (Å²) in [4.78, 5) is 18.8. The Morgan fingerprint density at radius 2 is 2.04 bits per heavy atom. The zero-order valence-corrected chi connectivity index (χ0v) is 16.0. The average Bonchev–Trinajstić information content (AvgIpc) is 2.69. The summed E-state index contributed by atoms with van der Waals surface area (Å²) in [6.07, 6.45) is 5.84. The van der Waals surface area contributed by atoms with Crippen molar-refractivity contribution in [2.45, 2.75) is 43.6 Å². The smallest absolute Gasteiger partial charge is 0.309 e. The van der Waals surface area contributed by atoms with E-state index in [2.05, 4.69) is 16.8 Å². The van der Waals surface area contributed by atoms with Gasteiger partial charge in [0.2, 0.25) is 10.0 Å². The van der Waals surface area contributed by atoms with E-state index in [9.17, 15) is 13.2 Å². The number of carbonyl (C=O) groups is 1. The molecule has 2 aliphatic rings. The minimum absolute atomic E-state index is 0.0339. The van der Waals surface area contributed by atoms with E-state index >= 15 is 0 Å². The molecule has 26 heavy (non-hydrogen) atoms. The Hall–Kier alpha value is -1.51.